The van der Waals surface area contributed by atoms with Crippen molar-refractivity contribution < 1.29 is 4.79 Å². The maximum atomic E-state index is 12.9. The van der Waals surface area contributed by atoms with Crippen LogP contribution in [0.25, 0.3) is 5.69 Å². The Kier molecular flexibility index (Phi) is 4.33. The van der Waals surface area contributed by atoms with E-state index in [2.05, 4.69) is 29.5 Å². The fourth-order valence-corrected chi connectivity index (χ4v) is 3.37. The van der Waals surface area contributed by atoms with Gasteiger partial charge in [-0.3, -0.25) is 4.79 Å². The summed E-state index contributed by atoms with van der Waals surface area (Å²) >= 11 is 0. The molecule has 1 saturated carbocycles. The first-order chi connectivity index (χ1) is 12.6. The zero-order valence-corrected chi connectivity index (χ0v) is 15.1. The minimum absolute atomic E-state index is 0.0439. The normalized spacial score (nSPS) is 14.8. The molecular formula is C22H23N3O. The number of carbonyl (C=O) groups excluding carboxylic acids is 1. The number of amides is 1. The Morgan fingerprint density at radius 3 is 2.50 bits per heavy atom. The van der Waals surface area contributed by atoms with Crippen LogP contribution in [0.4, 0.5) is 0 Å². The van der Waals surface area contributed by atoms with Gasteiger partial charge in [0.05, 0.1) is 29.2 Å². The van der Waals surface area contributed by atoms with Crippen molar-refractivity contribution in [1.29, 1.82) is 0 Å². The van der Waals surface area contributed by atoms with Gasteiger partial charge < -0.3 is 5.32 Å². The first kappa shape index (κ1) is 16.6. The number of aryl methyl sites for hydroxylation is 1. The van der Waals surface area contributed by atoms with Crippen LogP contribution in [0.2, 0.25) is 0 Å². The van der Waals surface area contributed by atoms with Gasteiger partial charge in [0, 0.05) is 5.92 Å². The average molecular weight is 345 g/mol. The Morgan fingerprint density at radius 1 is 1.12 bits per heavy atom. The second-order valence-corrected chi connectivity index (χ2v) is 7.02. The zero-order valence-electron chi connectivity index (χ0n) is 15.1. The molecule has 0 spiro atoms. The van der Waals surface area contributed by atoms with Crippen molar-refractivity contribution >= 4 is 5.91 Å². The summed E-state index contributed by atoms with van der Waals surface area (Å²) in [6, 6.07) is 18.1. The maximum absolute atomic E-state index is 12.9. The fourth-order valence-electron chi connectivity index (χ4n) is 3.37. The highest BCUT2D eigenvalue weighted by molar-refractivity contribution is 5.95. The lowest BCUT2D eigenvalue weighted by Crippen LogP contribution is -2.27. The molecule has 26 heavy (non-hydrogen) atoms. The highest BCUT2D eigenvalue weighted by atomic mass is 16.1. The fraction of sp³-hybridized carbons (Fsp3) is 0.273. The van der Waals surface area contributed by atoms with Gasteiger partial charge in [0.2, 0.25) is 0 Å². The number of aromatic nitrogens is 2. The standard InChI is InChI=1S/C22H23N3O/c1-15-8-6-7-11-20(15)25-21(18-12-13-18)19(14-23-25)22(26)24-16(2)17-9-4-3-5-10-17/h3-11,14,16,18H,12-13H2,1-2H3,(H,24,26). The van der Waals surface area contributed by atoms with Gasteiger partial charge in [-0.1, -0.05) is 48.5 Å². The van der Waals surface area contributed by atoms with Gasteiger partial charge in [0.25, 0.3) is 5.91 Å². The number of nitrogens with one attached hydrogen (secondary N) is 1. The smallest absolute Gasteiger partial charge is 0.255 e. The molecule has 1 aliphatic carbocycles. The molecule has 1 unspecified atom stereocenters. The lowest BCUT2D eigenvalue weighted by atomic mass is 10.1. The average Bonchev–Trinajstić information content (AvgIpc) is 3.41. The van der Waals surface area contributed by atoms with Crippen molar-refractivity contribution in [2.75, 3.05) is 0 Å². The lowest BCUT2D eigenvalue weighted by Gasteiger charge is -2.15. The maximum Gasteiger partial charge on any atom is 0.255 e. The highest BCUT2D eigenvalue weighted by Crippen LogP contribution is 2.42. The number of benzene rings is 2. The molecule has 1 aromatic heterocycles. The molecule has 1 N–H and O–H groups in total. The molecule has 0 saturated heterocycles. The van der Waals surface area contributed by atoms with E-state index in [0.29, 0.717) is 11.5 Å². The summed E-state index contributed by atoms with van der Waals surface area (Å²) in [6.45, 7) is 4.08. The molecule has 1 amide bonds. The number of nitrogens with zero attached hydrogens (tertiary/aromatic N) is 2. The van der Waals surface area contributed by atoms with Crippen LogP contribution in [0.1, 0.15) is 58.9 Å². The molecule has 1 atom stereocenters. The van der Waals surface area contributed by atoms with Crippen LogP contribution in [0.3, 0.4) is 0 Å². The highest BCUT2D eigenvalue weighted by Gasteiger charge is 2.33. The van der Waals surface area contributed by atoms with Gasteiger partial charge >= 0.3 is 0 Å². The Balaban J connectivity index is 1.65. The Morgan fingerprint density at radius 2 is 1.81 bits per heavy atom. The largest absolute Gasteiger partial charge is 0.345 e. The number of carbonyl (C=O) groups is 1. The van der Waals surface area contributed by atoms with Gasteiger partial charge in [-0.25, -0.2) is 4.68 Å². The monoisotopic (exact) mass is 345 g/mol. The summed E-state index contributed by atoms with van der Waals surface area (Å²) in [5.41, 5.74) is 5.03. The van der Waals surface area contributed by atoms with E-state index in [4.69, 9.17) is 0 Å². The zero-order chi connectivity index (χ0) is 18.1. The van der Waals surface area contributed by atoms with Crippen LogP contribution in [0.15, 0.2) is 60.8 Å². The van der Waals surface area contributed by atoms with E-state index >= 15 is 0 Å². The topological polar surface area (TPSA) is 46.9 Å². The molecule has 0 bridgehead atoms. The molecule has 3 aromatic rings. The van der Waals surface area contributed by atoms with Gasteiger partial charge in [-0.2, -0.15) is 5.10 Å². The van der Waals surface area contributed by atoms with Gasteiger partial charge in [0.1, 0.15) is 0 Å². The Bertz CT molecular complexity index is 926. The van der Waals surface area contributed by atoms with Crippen molar-refractivity contribution in [3.63, 3.8) is 0 Å². The molecule has 1 fully saturated rings. The molecule has 1 heterocycles. The molecule has 4 rings (SSSR count). The molecule has 1 aliphatic rings. The van der Waals surface area contributed by atoms with Gasteiger partial charge in [-0.05, 0) is 43.9 Å². The van der Waals surface area contributed by atoms with Crippen molar-refractivity contribution in [2.45, 2.75) is 38.6 Å². The summed E-state index contributed by atoms with van der Waals surface area (Å²) in [6.07, 6.45) is 3.95. The van der Waals surface area contributed by atoms with E-state index in [0.717, 1.165) is 35.3 Å². The molecular weight excluding hydrogens is 322 g/mol. The number of hydrogen-bond acceptors (Lipinski definition) is 2. The third-order valence-electron chi connectivity index (χ3n) is 5.01. The van der Waals surface area contributed by atoms with E-state index < -0.39 is 0 Å². The van der Waals surface area contributed by atoms with Crippen molar-refractivity contribution in [3.8, 4) is 5.69 Å². The minimum Gasteiger partial charge on any atom is -0.345 e. The van der Waals surface area contributed by atoms with Crippen molar-refractivity contribution in [3.05, 3.63) is 83.2 Å². The first-order valence-electron chi connectivity index (χ1n) is 9.15. The Hall–Kier alpha value is -2.88. The van der Waals surface area contributed by atoms with Crippen LogP contribution in [0, 0.1) is 6.92 Å². The Labute approximate surface area is 153 Å². The number of rotatable bonds is 5. The number of para-hydroxylation sites is 1. The number of hydrogen-bond donors (Lipinski definition) is 1. The van der Waals surface area contributed by atoms with Crippen LogP contribution in [-0.4, -0.2) is 15.7 Å². The predicted molar refractivity (Wildman–Crippen MR) is 103 cm³/mol. The molecule has 132 valence electrons. The predicted octanol–water partition coefficient (Wildman–Crippen LogP) is 4.55. The van der Waals surface area contributed by atoms with Crippen LogP contribution >= 0.6 is 0 Å². The van der Waals surface area contributed by atoms with E-state index in [1.54, 1.807) is 6.20 Å². The first-order valence-corrected chi connectivity index (χ1v) is 9.15. The second-order valence-electron chi connectivity index (χ2n) is 7.02. The van der Waals surface area contributed by atoms with Gasteiger partial charge in [0.15, 0.2) is 0 Å². The SMILES string of the molecule is Cc1ccccc1-n1ncc(C(=O)NC(C)c2ccccc2)c1C1CC1. The van der Waals surface area contributed by atoms with E-state index in [-0.39, 0.29) is 11.9 Å². The van der Waals surface area contributed by atoms with Crippen molar-refractivity contribution in [2.24, 2.45) is 0 Å². The van der Waals surface area contributed by atoms with Crippen LogP contribution < -0.4 is 5.32 Å². The summed E-state index contributed by atoms with van der Waals surface area (Å²) in [5, 5.41) is 7.69. The summed E-state index contributed by atoms with van der Waals surface area (Å²) < 4.78 is 1.95. The molecule has 0 radical (unpaired) electrons. The molecule has 0 aliphatic heterocycles. The lowest BCUT2D eigenvalue weighted by molar-refractivity contribution is 0.0939. The van der Waals surface area contributed by atoms with E-state index in [1.165, 1.54) is 0 Å². The third kappa shape index (κ3) is 3.15. The quantitative estimate of drug-likeness (QED) is 0.737. The van der Waals surface area contributed by atoms with E-state index in [9.17, 15) is 4.79 Å². The summed E-state index contributed by atoms with van der Waals surface area (Å²) in [5.74, 6) is 0.368. The van der Waals surface area contributed by atoms with Gasteiger partial charge in [-0.15, -0.1) is 0 Å². The minimum atomic E-state index is -0.0527. The van der Waals surface area contributed by atoms with Crippen LogP contribution in [0.5, 0.6) is 0 Å². The van der Waals surface area contributed by atoms with E-state index in [1.807, 2.05) is 54.1 Å². The summed E-state index contributed by atoms with van der Waals surface area (Å²) in [4.78, 5) is 12.9. The molecule has 4 nitrogen and oxygen atoms in total. The third-order valence-corrected chi connectivity index (χ3v) is 5.01. The summed E-state index contributed by atoms with van der Waals surface area (Å²) in [7, 11) is 0. The molecule has 2 aromatic carbocycles. The van der Waals surface area contributed by atoms with Crippen molar-refractivity contribution in [1.82, 2.24) is 15.1 Å². The second kappa shape index (κ2) is 6.79. The van der Waals surface area contributed by atoms with Crippen LogP contribution in [-0.2, 0) is 0 Å². The molecule has 4 heteroatoms.